The van der Waals surface area contributed by atoms with Gasteiger partial charge in [-0.15, -0.1) is 0 Å². The minimum absolute atomic E-state index is 0.250. The lowest BCUT2D eigenvalue weighted by atomic mass is 10.3. The molecule has 0 saturated carbocycles. The van der Waals surface area contributed by atoms with Crippen LogP contribution in [0.1, 0.15) is 12.8 Å². The van der Waals surface area contributed by atoms with Gasteiger partial charge in [0.15, 0.2) is 4.71 Å². The number of ether oxygens (including phenoxy) is 1. The second-order valence-corrected chi connectivity index (χ2v) is 5.59. The summed E-state index contributed by atoms with van der Waals surface area (Å²) in [7, 11) is 1.34. The molecule has 1 amide bonds. The monoisotopic (exact) mass is 301 g/mol. The van der Waals surface area contributed by atoms with Crippen molar-refractivity contribution < 1.29 is 14.3 Å². The molecule has 0 aliphatic heterocycles. The van der Waals surface area contributed by atoms with Gasteiger partial charge < -0.3 is 10.1 Å². The molecular formula is C13H16ClNO3S. The molecule has 104 valence electrons. The van der Waals surface area contributed by atoms with E-state index in [1.54, 1.807) is 0 Å². The van der Waals surface area contributed by atoms with Gasteiger partial charge >= 0.3 is 5.97 Å². The second-order valence-electron chi connectivity index (χ2n) is 3.72. The molecule has 1 unspecified atom stereocenters. The Morgan fingerprint density at radius 2 is 2.05 bits per heavy atom. The number of amides is 1. The van der Waals surface area contributed by atoms with E-state index in [0.717, 1.165) is 4.90 Å². The summed E-state index contributed by atoms with van der Waals surface area (Å²) >= 11 is 7.28. The zero-order valence-corrected chi connectivity index (χ0v) is 12.2. The molecule has 0 heterocycles. The summed E-state index contributed by atoms with van der Waals surface area (Å²) in [6.45, 7) is 0.409. The third-order valence-corrected chi connectivity index (χ3v) is 3.70. The van der Waals surface area contributed by atoms with Gasteiger partial charge in [-0.1, -0.05) is 41.6 Å². The fourth-order valence-corrected chi connectivity index (χ4v) is 2.43. The van der Waals surface area contributed by atoms with E-state index >= 15 is 0 Å². The normalized spacial score (nSPS) is 11.7. The summed E-state index contributed by atoms with van der Waals surface area (Å²) in [6, 6.07) is 9.47. The van der Waals surface area contributed by atoms with Crippen molar-refractivity contribution in [2.75, 3.05) is 13.7 Å². The fourth-order valence-electron chi connectivity index (χ4n) is 1.30. The van der Waals surface area contributed by atoms with Gasteiger partial charge in [0, 0.05) is 17.9 Å². The van der Waals surface area contributed by atoms with Gasteiger partial charge in [0.25, 0.3) is 0 Å². The largest absolute Gasteiger partial charge is 0.469 e. The van der Waals surface area contributed by atoms with Crippen molar-refractivity contribution in [1.29, 1.82) is 0 Å². The first-order valence-electron chi connectivity index (χ1n) is 5.84. The quantitative estimate of drug-likeness (QED) is 0.364. The van der Waals surface area contributed by atoms with Crippen LogP contribution >= 0.6 is 23.4 Å². The van der Waals surface area contributed by atoms with Crippen molar-refractivity contribution in [3.05, 3.63) is 30.3 Å². The molecule has 0 radical (unpaired) electrons. The molecule has 1 atom stereocenters. The topological polar surface area (TPSA) is 55.4 Å². The van der Waals surface area contributed by atoms with Gasteiger partial charge in [0.2, 0.25) is 5.91 Å². The number of carbonyl (C=O) groups is 2. The number of rotatable bonds is 7. The summed E-state index contributed by atoms with van der Waals surface area (Å²) in [6.07, 6.45) is 0.827. The highest BCUT2D eigenvalue weighted by atomic mass is 35.5. The van der Waals surface area contributed by atoms with Crippen LogP contribution in [-0.2, 0) is 14.3 Å². The molecule has 0 aromatic heterocycles. The molecule has 1 aromatic carbocycles. The maximum atomic E-state index is 11.7. The summed E-state index contributed by atoms with van der Waals surface area (Å²) in [5.74, 6) is -0.532. The molecule has 1 N–H and O–H groups in total. The van der Waals surface area contributed by atoms with Crippen molar-refractivity contribution in [3.63, 3.8) is 0 Å². The minimum atomic E-state index is -0.680. The van der Waals surface area contributed by atoms with Crippen molar-refractivity contribution in [2.24, 2.45) is 0 Å². The minimum Gasteiger partial charge on any atom is -0.469 e. The maximum absolute atomic E-state index is 11.7. The van der Waals surface area contributed by atoms with E-state index in [2.05, 4.69) is 10.1 Å². The summed E-state index contributed by atoms with van der Waals surface area (Å²) < 4.78 is 3.82. The Labute approximate surface area is 121 Å². The summed E-state index contributed by atoms with van der Waals surface area (Å²) in [5.41, 5.74) is 0. The highest BCUT2D eigenvalue weighted by Gasteiger charge is 2.16. The predicted octanol–water partition coefficient (Wildman–Crippen LogP) is 2.41. The Kier molecular flexibility index (Phi) is 7.36. The van der Waals surface area contributed by atoms with E-state index in [0.29, 0.717) is 13.0 Å². The third-order valence-electron chi connectivity index (χ3n) is 2.27. The number of esters is 1. The number of benzene rings is 1. The molecule has 0 aliphatic carbocycles. The number of methoxy groups -OCH3 is 1. The van der Waals surface area contributed by atoms with Crippen LogP contribution in [0.2, 0.25) is 0 Å². The van der Waals surface area contributed by atoms with Crippen LogP contribution in [0.3, 0.4) is 0 Å². The van der Waals surface area contributed by atoms with Crippen LogP contribution in [0.4, 0.5) is 0 Å². The van der Waals surface area contributed by atoms with Crippen LogP contribution in [0.15, 0.2) is 35.2 Å². The van der Waals surface area contributed by atoms with E-state index in [1.807, 2.05) is 30.3 Å². The van der Waals surface area contributed by atoms with Crippen molar-refractivity contribution in [1.82, 2.24) is 5.32 Å². The van der Waals surface area contributed by atoms with Gasteiger partial charge in [0.1, 0.15) is 0 Å². The molecule has 0 aliphatic rings. The molecule has 4 nitrogen and oxygen atoms in total. The Morgan fingerprint density at radius 3 is 2.68 bits per heavy atom. The molecule has 19 heavy (non-hydrogen) atoms. The van der Waals surface area contributed by atoms with E-state index < -0.39 is 4.71 Å². The van der Waals surface area contributed by atoms with Crippen molar-refractivity contribution in [2.45, 2.75) is 22.4 Å². The van der Waals surface area contributed by atoms with E-state index in [-0.39, 0.29) is 18.3 Å². The molecule has 0 bridgehead atoms. The van der Waals surface area contributed by atoms with E-state index in [9.17, 15) is 9.59 Å². The highest BCUT2D eigenvalue weighted by molar-refractivity contribution is 8.01. The third kappa shape index (κ3) is 6.50. The number of thioether (sulfide) groups is 1. The Hall–Kier alpha value is -1.20. The predicted molar refractivity (Wildman–Crippen MR) is 76.2 cm³/mol. The van der Waals surface area contributed by atoms with Crippen molar-refractivity contribution in [3.8, 4) is 0 Å². The average Bonchev–Trinajstić information content (AvgIpc) is 2.44. The number of hydrogen-bond acceptors (Lipinski definition) is 4. The van der Waals surface area contributed by atoms with Gasteiger partial charge in [-0.3, -0.25) is 9.59 Å². The van der Waals surface area contributed by atoms with Crippen molar-refractivity contribution >= 4 is 35.2 Å². The van der Waals surface area contributed by atoms with Crippen LogP contribution in [0, 0.1) is 0 Å². The molecule has 0 spiro atoms. The average molecular weight is 302 g/mol. The van der Waals surface area contributed by atoms with Gasteiger partial charge in [-0.2, -0.15) is 0 Å². The molecule has 0 saturated heterocycles. The first kappa shape index (κ1) is 15.9. The first-order valence-corrected chi connectivity index (χ1v) is 7.15. The number of alkyl halides is 1. The molecule has 1 aromatic rings. The van der Waals surface area contributed by atoms with Gasteiger partial charge in [-0.25, -0.2) is 0 Å². The number of hydrogen-bond donors (Lipinski definition) is 1. The summed E-state index contributed by atoms with van der Waals surface area (Å²) in [5, 5.41) is 2.68. The summed E-state index contributed by atoms with van der Waals surface area (Å²) in [4.78, 5) is 23.5. The lowest BCUT2D eigenvalue weighted by molar-refractivity contribution is -0.140. The lowest BCUT2D eigenvalue weighted by Gasteiger charge is -2.10. The molecule has 1 rings (SSSR count). The Bertz CT molecular complexity index is 414. The van der Waals surface area contributed by atoms with Crippen LogP contribution < -0.4 is 5.32 Å². The zero-order chi connectivity index (χ0) is 14.1. The van der Waals surface area contributed by atoms with Crippen LogP contribution in [0.5, 0.6) is 0 Å². The smallest absolute Gasteiger partial charge is 0.305 e. The van der Waals surface area contributed by atoms with Gasteiger partial charge in [0.05, 0.1) is 7.11 Å². The van der Waals surface area contributed by atoms with Crippen LogP contribution in [-0.4, -0.2) is 30.2 Å². The second kappa shape index (κ2) is 8.82. The highest BCUT2D eigenvalue weighted by Crippen LogP contribution is 2.25. The SMILES string of the molecule is COC(=O)CCCNC(=O)C(Cl)Sc1ccccc1. The number of carbonyl (C=O) groups excluding carboxylic acids is 2. The van der Waals surface area contributed by atoms with E-state index in [4.69, 9.17) is 11.6 Å². The van der Waals surface area contributed by atoms with Gasteiger partial charge in [-0.05, 0) is 18.6 Å². The van der Waals surface area contributed by atoms with Crippen LogP contribution in [0.25, 0.3) is 0 Å². The maximum Gasteiger partial charge on any atom is 0.305 e. The Balaban J connectivity index is 2.24. The first-order chi connectivity index (χ1) is 9.13. The lowest BCUT2D eigenvalue weighted by Crippen LogP contribution is -2.30. The zero-order valence-electron chi connectivity index (χ0n) is 10.6. The number of halogens is 1. The molecule has 0 fully saturated rings. The standard InChI is InChI=1S/C13H16ClNO3S/c1-18-11(16)8-5-9-15-13(17)12(14)19-10-6-3-2-4-7-10/h2-4,6-7,12H,5,8-9H2,1H3,(H,15,17). The number of nitrogens with one attached hydrogen (secondary N) is 1. The molecular weight excluding hydrogens is 286 g/mol. The molecule has 6 heteroatoms. The van der Waals surface area contributed by atoms with E-state index in [1.165, 1.54) is 18.9 Å². The fraction of sp³-hybridized carbons (Fsp3) is 0.385. The Morgan fingerprint density at radius 1 is 1.37 bits per heavy atom.